The summed E-state index contributed by atoms with van der Waals surface area (Å²) in [5.74, 6) is 0.806. The van der Waals surface area contributed by atoms with Crippen molar-refractivity contribution in [1.82, 2.24) is 4.98 Å². The van der Waals surface area contributed by atoms with Crippen LogP contribution in [0.3, 0.4) is 0 Å². The normalized spacial score (nSPS) is 13.0. The van der Waals surface area contributed by atoms with E-state index in [-0.39, 0.29) is 11.6 Å². The molecule has 0 spiro atoms. The summed E-state index contributed by atoms with van der Waals surface area (Å²) in [6.45, 7) is 2.22. The van der Waals surface area contributed by atoms with Gasteiger partial charge in [-0.25, -0.2) is 4.98 Å². The van der Waals surface area contributed by atoms with Gasteiger partial charge in [0, 0.05) is 16.9 Å². The maximum Gasteiger partial charge on any atom is 0.213 e. The summed E-state index contributed by atoms with van der Waals surface area (Å²) in [6, 6.07) is 7.02. The lowest BCUT2D eigenvalue weighted by atomic mass is 9.92. The molecule has 0 saturated heterocycles. The molecule has 0 N–H and O–H groups in total. The van der Waals surface area contributed by atoms with E-state index in [1.165, 1.54) is 43.4 Å². The fourth-order valence-electron chi connectivity index (χ4n) is 2.84. The third kappa shape index (κ3) is 3.62. The quantitative estimate of drug-likeness (QED) is 0.401. The van der Waals surface area contributed by atoms with Crippen molar-refractivity contribution < 1.29 is 9.59 Å². The molecule has 0 bridgehead atoms. The zero-order valence-corrected chi connectivity index (χ0v) is 15.5. The number of carbonyl (C=O) groups is 2. The lowest BCUT2D eigenvalue weighted by molar-refractivity contribution is 0.0979. The van der Waals surface area contributed by atoms with Gasteiger partial charge in [0.1, 0.15) is 10.6 Å². The molecule has 1 aromatic heterocycles. The highest BCUT2D eigenvalue weighted by Gasteiger charge is 2.33. The van der Waals surface area contributed by atoms with Gasteiger partial charge in [-0.15, -0.1) is 11.3 Å². The maximum absolute atomic E-state index is 12.6. The highest BCUT2D eigenvalue weighted by Crippen LogP contribution is 2.35. The van der Waals surface area contributed by atoms with E-state index < -0.39 is 0 Å². The number of benzene rings is 1. The zero-order valence-electron chi connectivity index (χ0n) is 13.8. The second kappa shape index (κ2) is 8.08. The lowest BCUT2D eigenvalue weighted by Crippen LogP contribution is -2.19. The van der Waals surface area contributed by atoms with E-state index in [0.717, 1.165) is 16.5 Å². The average Bonchev–Trinajstić information content (AvgIpc) is 3.04. The third-order valence-corrected chi connectivity index (χ3v) is 6.45. The molecule has 0 amide bonds. The van der Waals surface area contributed by atoms with Crippen LogP contribution in [-0.2, 0) is 0 Å². The van der Waals surface area contributed by atoms with Crippen molar-refractivity contribution in [2.24, 2.45) is 0 Å². The van der Waals surface area contributed by atoms with Crippen molar-refractivity contribution in [2.45, 2.75) is 49.8 Å². The maximum atomic E-state index is 12.6. The first-order chi connectivity index (χ1) is 11.7. The van der Waals surface area contributed by atoms with Gasteiger partial charge in [0.25, 0.3) is 0 Å². The first-order valence-electron chi connectivity index (χ1n) is 8.54. The Hall–Kier alpha value is -1.46. The van der Waals surface area contributed by atoms with E-state index in [0.29, 0.717) is 21.7 Å². The predicted molar refractivity (Wildman–Crippen MR) is 99.5 cm³/mol. The number of thioether (sulfide) groups is 1. The number of ketones is 2. The number of nitrogens with zero attached hydrogens (tertiary/aromatic N) is 1. The highest BCUT2D eigenvalue weighted by molar-refractivity contribution is 8.01. The molecule has 2 aromatic rings. The number of fused-ring (bicyclic) bond motifs is 2. The van der Waals surface area contributed by atoms with Gasteiger partial charge in [0.2, 0.25) is 11.6 Å². The number of thiazole rings is 1. The van der Waals surface area contributed by atoms with Crippen LogP contribution < -0.4 is 0 Å². The molecule has 3 nitrogen and oxygen atoms in total. The van der Waals surface area contributed by atoms with Gasteiger partial charge >= 0.3 is 0 Å². The molecule has 24 heavy (non-hydrogen) atoms. The highest BCUT2D eigenvalue weighted by atomic mass is 32.2. The number of unbranched alkanes of at least 4 members (excludes halogenated alkanes) is 5. The van der Waals surface area contributed by atoms with E-state index in [9.17, 15) is 9.59 Å². The summed E-state index contributed by atoms with van der Waals surface area (Å²) in [5, 5.41) is 0. The Balaban J connectivity index is 1.61. The van der Waals surface area contributed by atoms with Crippen LogP contribution in [0.2, 0.25) is 0 Å². The van der Waals surface area contributed by atoms with E-state index in [2.05, 4.69) is 11.9 Å². The van der Waals surface area contributed by atoms with Crippen LogP contribution in [0.5, 0.6) is 0 Å². The van der Waals surface area contributed by atoms with Crippen molar-refractivity contribution in [3.63, 3.8) is 0 Å². The molecular weight excluding hydrogens is 338 g/mol. The molecule has 1 heterocycles. The molecule has 0 atom stereocenters. The number of carbonyl (C=O) groups excluding carboxylic acids is 2. The van der Waals surface area contributed by atoms with E-state index >= 15 is 0 Å². The van der Waals surface area contributed by atoms with Crippen LogP contribution in [0.25, 0.3) is 0 Å². The van der Waals surface area contributed by atoms with Crippen LogP contribution in [0, 0.1) is 0 Å². The van der Waals surface area contributed by atoms with Gasteiger partial charge in [-0.1, -0.05) is 75.1 Å². The first-order valence-corrected chi connectivity index (χ1v) is 10.3. The van der Waals surface area contributed by atoms with E-state index in [1.807, 2.05) is 0 Å². The summed E-state index contributed by atoms with van der Waals surface area (Å²) in [4.78, 5) is 30.0. The number of rotatable bonds is 8. The van der Waals surface area contributed by atoms with Gasteiger partial charge < -0.3 is 0 Å². The Morgan fingerprint density at radius 3 is 2.38 bits per heavy atom. The van der Waals surface area contributed by atoms with Gasteiger partial charge in [-0.2, -0.15) is 0 Å². The predicted octanol–water partition coefficient (Wildman–Crippen LogP) is 5.37. The lowest BCUT2D eigenvalue weighted by Gasteiger charge is -2.11. The monoisotopic (exact) mass is 359 g/mol. The van der Waals surface area contributed by atoms with Crippen LogP contribution >= 0.6 is 23.1 Å². The third-order valence-electron chi connectivity index (χ3n) is 4.17. The van der Waals surface area contributed by atoms with Crippen molar-refractivity contribution in [3.8, 4) is 0 Å². The number of hydrogen-bond acceptors (Lipinski definition) is 5. The molecule has 1 aliphatic carbocycles. The van der Waals surface area contributed by atoms with Gasteiger partial charge in [-0.3, -0.25) is 9.59 Å². The van der Waals surface area contributed by atoms with Gasteiger partial charge in [0.05, 0.1) is 0 Å². The molecule has 1 aromatic carbocycles. The van der Waals surface area contributed by atoms with Crippen molar-refractivity contribution in [2.75, 3.05) is 5.75 Å². The van der Waals surface area contributed by atoms with Crippen molar-refractivity contribution in [1.29, 1.82) is 0 Å². The Labute approximate surface area is 150 Å². The summed E-state index contributed by atoms with van der Waals surface area (Å²) < 4.78 is 0.836. The molecule has 0 radical (unpaired) electrons. The average molecular weight is 360 g/mol. The topological polar surface area (TPSA) is 47.0 Å². The SMILES string of the molecule is CCCCCCCCSc1nc2c(s1)C(=O)c1ccccc1C2=O. The van der Waals surface area contributed by atoms with Crippen LogP contribution in [0.1, 0.15) is 76.7 Å². The molecule has 0 aliphatic heterocycles. The summed E-state index contributed by atoms with van der Waals surface area (Å²) in [7, 11) is 0. The molecule has 0 fully saturated rings. The van der Waals surface area contributed by atoms with E-state index in [1.54, 1.807) is 36.0 Å². The minimum atomic E-state index is -0.122. The molecule has 1 aliphatic rings. The smallest absolute Gasteiger partial charge is 0.213 e. The number of hydrogen-bond donors (Lipinski definition) is 0. The largest absolute Gasteiger partial charge is 0.288 e. The van der Waals surface area contributed by atoms with Crippen LogP contribution in [0.15, 0.2) is 28.6 Å². The molecule has 0 unspecified atom stereocenters. The fraction of sp³-hybridized carbons (Fsp3) is 0.421. The minimum absolute atomic E-state index is 0.0656. The Kier molecular flexibility index (Phi) is 5.85. The van der Waals surface area contributed by atoms with Crippen molar-refractivity contribution in [3.05, 3.63) is 46.0 Å². The van der Waals surface area contributed by atoms with Gasteiger partial charge in [0.15, 0.2) is 4.34 Å². The zero-order chi connectivity index (χ0) is 16.9. The number of aromatic nitrogens is 1. The van der Waals surface area contributed by atoms with Crippen LogP contribution in [0.4, 0.5) is 0 Å². The Morgan fingerprint density at radius 1 is 0.958 bits per heavy atom. The van der Waals surface area contributed by atoms with E-state index in [4.69, 9.17) is 0 Å². The first kappa shape index (κ1) is 17.4. The summed E-state index contributed by atoms with van der Waals surface area (Å²) >= 11 is 3.03. The summed E-state index contributed by atoms with van der Waals surface area (Å²) in [5.41, 5.74) is 1.33. The van der Waals surface area contributed by atoms with Gasteiger partial charge in [-0.05, 0) is 6.42 Å². The molecule has 5 heteroatoms. The fourth-order valence-corrected chi connectivity index (χ4v) is 5.00. The minimum Gasteiger partial charge on any atom is -0.288 e. The molecule has 0 saturated carbocycles. The Morgan fingerprint density at radius 2 is 1.62 bits per heavy atom. The molecule has 126 valence electrons. The molecular formula is C19H21NO2S2. The molecule has 3 rings (SSSR count). The standard InChI is InChI=1S/C19H21NO2S2/c1-2-3-4-5-6-9-12-23-19-20-15-16(21)13-10-7-8-11-14(13)17(22)18(15)24-19/h7-8,10-11H,2-6,9,12H2,1H3. The van der Waals surface area contributed by atoms with Crippen molar-refractivity contribution >= 4 is 34.7 Å². The Bertz CT molecular complexity index is 699. The second-order valence-electron chi connectivity index (χ2n) is 5.98. The summed E-state index contributed by atoms with van der Waals surface area (Å²) in [6.07, 6.45) is 7.58. The second-order valence-corrected chi connectivity index (χ2v) is 8.32. The van der Waals surface area contributed by atoms with Crippen LogP contribution in [-0.4, -0.2) is 22.3 Å².